The Kier molecular flexibility index (Phi) is 4.41. The van der Waals surface area contributed by atoms with E-state index in [9.17, 15) is 4.79 Å². The Bertz CT molecular complexity index is 1040. The Morgan fingerprint density at radius 2 is 2.00 bits per heavy atom. The van der Waals surface area contributed by atoms with E-state index in [1.165, 1.54) is 11.3 Å². The summed E-state index contributed by atoms with van der Waals surface area (Å²) in [6.45, 7) is 10.3. The zero-order valence-corrected chi connectivity index (χ0v) is 17.2. The highest BCUT2D eigenvalue weighted by Crippen LogP contribution is 2.41. The van der Waals surface area contributed by atoms with E-state index in [1.807, 2.05) is 36.9 Å². The number of furan rings is 1. The van der Waals surface area contributed by atoms with Crippen molar-refractivity contribution in [1.82, 2.24) is 15.1 Å². The van der Waals surface area contributed by atoms with Gasteiger partial charge in [0.25, 0.3) is 5.91 Å². The van der Waals surface area contributed by atoms with Crippen LogP contribution >= 0.6 is 0 Å². The number of amides is 1. The molecule has 2 heterocycles. The Hall–Kier alpha value is -2.82. The van der Waals surface area contributed by atoms with Gasteiger partial charge in [-0.2, -0.15) is 5.10 Å². The fourth-order valence-electron chi connectivity index (χ4n) is 4.27. The van der Waals surface area contributed by atoms with Crippen molar-refractivity contribution in [3.8, 4) is 5.69 Å². The van der Waals surface area contributed by atoms with Crippen LogP contribution in [0.1, 0.15) is 65.0 Å². The van der Waals surface area contributed by atoms with Crippen LogP contribution in [0.15, 0.2) is 40.9 Å². The SMILES string of the molecule is Cc1cc(C(=O)N[C@H]2CC(C)(C)Cc3c2cnn3-c2ccccc2C)c(C)o1. The van der Waals surface area contributed by atoms with Crippen LogP contribution in [0.3, 0.4) is 0 Å². The lowest BCUT2D eigenvalue weighted by Crippen LogP contribution is -2.36. The minimum absolute atomic E-state index is 0.0623. The highest BCUT2D eigenvalue weighted by atomic mass is 16.3. The zero-order chi connectivity index (χ0) is 20.1. The third kappa shape index (κ3) is 3.26. The van der Waals surface area contributed by atoms with Gasteiger partial charge in [0.05, 0.1) is 29.2 Å². The highest BCUT2D eigenvalue weighted by Gasteiger charge is 2.36. The van der Waals surface area contributed by atoms with E-state index in [4.69, 9.17) is 9.52 Å². The van der Waals surface area contributed by atoms with Crippen LogP contribution in [-0.4, -0.2) is 15.7 Å². The Morgan fingerprint density at radius 3 is 2.68 bits per heavy atom. The first-order chi connectivity index (χ1) is 13.2. The van der Waals surface area contributed by atoms with Crippen LogP contribution in [0.4, 0.5) is 0 Å². The van der Waals surface area contributed by atoms with E-state index in [0.29, 0.717) is 11.3 Å². The summed E-state index contributed by atoms with van der Waals surface area (Å²) >= 11 is 0. The largest absolute Gasteiger partial charge is 0.466 e. The average Bonchev–Trinajstić information content (AvgIpc) is 3.17. The molecule has 0 bridgehead atoms. The molecule has 1 aliphatic carbocycles. The fraction of sp³-hybridized carbons (Fsp3) is 0.391. The van der Waals surface area contributed by atoms with Crippen molar-refractivity contribution >= 4 is 5.91 Å². The van der Waals surface area contributed by atoms with Gasteiger partial charge in [-0.15, -0.1) is 0 Å². The number of hydrogen-bond donors (Lipinski definition) is 1. The van der Waals surface area contributed by atoms with Gasteiger partial charge >= 0.3 is 0 Å². The summed E-state index contributed by atoms with van der Waals surface area (Å²) in [5, 5.41) is 7.92. The highest BCUT2D eigenvalue weighted by molar-refractivity contribution is 5.95. The number of aromatic nitrogens is 2. The summed E-state index contributed by atoms with van der Waals surface area (Å²) < 4.78 is 7.57. The van der Waals surface area contributed by atoms with Gasteiger partial charge in [0.2, 0.25) is 0 Å². The summed E-state index contributed by atoms with van der Waals surface area (Å²) in [7, 11) is 0. The summed E-state index contributed by atoms with van der Waals surface area (Å²) in [5.74, 6) is 1.31. The second-order valence-electron chi connectivity index (χ2n) is 8.64. The van der Waals surface area contributed by atoms with Crippen LogP contribution in [0.2, 0.25) is 0 Å². The summed E-state index contributed by atoms with van der Waals surface area (Å²) in [6, 6.07) is 10.00. The standard InChI is InChI=1S/C23H27N3O2/c1-14-8-6-7-9-20(14)26-21-12-23(4,5)11-19(18(21)13-24-26)25-22(27)17-10-15(2)28-16(17)3/h6-10,13,19H,11-12H2,1-5H3,(H,25,27)/t19-/m0/s1. The molecule has 146 valence electrons. The fourth-order valence-corrected chi connectivity index (χ4v) is 4.27. The molecule has 0 fully saturated rings. The lowest BCUT2D eigenvalue weighted by atomic mass is 9.74. The van der Waals surface area contributed by atoms with Crippen molar-refractivity contribution in [2.45, 2.75) is 53.5 Å². The number of rotatable bonds is 3. The average molecular weight is 377 g/mol. The molecule has 1 amide bonds. The summed E-state index contributed by atoms with van der Waals surface area (Å²) in [5.41, 5.74) is 5.22. The molecular formula is C23H27N3O2. The molecule has 1 atom stereocenters. The van der Waals surface area contributed by atoms with Crippen molar-refractivity contribution in [1.29, 1.82) is 0 Å². The first kappa shape index (κ1) is 18.5. The van der Waals surface area contributed by atoms with Gasteiger partial charge in [-0.25, -0.2) is 4.68 Å². The zero-order valence-electron chi connectivity index (χ0n) is 17.2. The van der Waals surface area contributed by atoms with Gasteiger partial charge in [-0.05, 0) is 56.7 Å². The van der Waals surface area contributed by atoms with Gasteiger partial charge < -0.3 is 9.73 Å². The molecular weight excluding hydrogens is 350 g/mol. The predicted octanol–water partition coefficient (Wildman–Crippen LogP) is 4.83. The molecule has 1 aromatic carbocycles. The number of hydrogen-bond acceptors (Lipinski definition) is 3. The molecule has 0 spiro atoms. The third-order valence-electron chi connectivity index (χ3n) is 5.61. The van der Waals surface area contributed by atoms with Crippen LogP contribution in [-0.2, 0) is 6.42 Å². The molecule has 1 N–H and O–H groups in total. The molecule has 0 radical (unpaired) electrons. The number of nitrogens with zero attached hydrogens (tertiary/aromatic N) is 2. The normalized spacial score (nSPS) is 18.0. The minimum atomic E-state index is -0.0911. The topological polar surface area (TPSA) is 60.1 Å². The number of nitrogens with one attached hydrogen (secondary N) is 1. The molecule has 2 aromatic heterocycles. The smallest absolute Gasteiger partial charge is 0.255 e. The van der Waals surface area contributed by atoms with E-state index < -0.39 is 0 Å². The first-order valence-corrected chi connectivity index (χ1v) is 9.76. The molecule has 0 saturated carbocycles. The third-order valence-corrected chi connectivity index (χ3v) is 5.61. The quantitative estimate of drug-likeness (QED) is 0.711. The van der Waals surface area contributed by atoms with Crippen molar-refractivity contribution < 1.29 is 9.21 Å². The van der Waals surface area contributed by atoms with Gasteiger partial charge in [0, 0.05) is 5.56 Å². The van der Waals surface area contributed by atoms with Crippen LogP contribution in [0, 0.1) is 26.2 Å². The van der Waals surface area contributed by atoms with Gasteiger partial charge in [0.15, 0.2) is 0 Å². The maximum Gasteiger partial charge on any atom is 0.255 e. The lowest BCUT2D eigenvalue weighted by Gasteiger charge is -2.36. The summed E-state index contributed by atoms with van der Waals surface area (Å²) in [6.07, 6.45) is 3.71. The van der Waals surface area contributed by atoms with Crippen LogP contribution < -0.4 is 5.32 Å². The molecule has 0 aliphatic heterocycles. The number of para-hydroxylation sites is 1. The van der Waals surface area contributed by atoms with Crippen LogP contribution in [0.5, 0.6) is 0 Å². The van der Waals surface area contributed by atoms with E-state index in [0.717, 1.165) is 29.9 Å². The Morgan fingerprint density at radius 1 is 1.25 bits per heavy atom. The van der Waals surface area contributed by atoms with E-state index in [-0.39, 0.29) is 17.4 Å². The Balaban J connectivity index is 1.71. The molecule has 28 heavy (non-hydrogen) atoms. The van der Waals surface area contributed by atoms with E-state index >= 15 is 0 Å². The van der Waals surface area contributed by atoms with E-state index in [2.05, 4.69) is 38.2 Å². The van der Waals surface area contributed by atoms with Crippen molar-refractivity contribution in [3.63, 3.8) is 0 Å². The van der Waals surface area contributed by atoms with Gasteiger partial charge in [0.1, 0.15) is 11.5 Å². The molecule has 4 rings (SSSR count). The van der Waals surface area contributed by atoms with Gasteiger partial charge in [-0.1, -0.05) is 32.0 Å². The van der Waals surface area contributed by atoms with Crippen molar-refractivity contribution in [2.75, 3.05) is 0 Å². The number of fused-ring (bicyclic) bond motifs is 1. The minimum Gasteiger partial charge on any atom is -0.466 e. The van der Waals surface area contributed by atoms with Crippen molar-refractivity contribution in [2.24, 2.45) is 5.41 Å². The maximum atomic E-state index is 12.9. The molecule has 5 heteroatoms. The Labute approximate surface area is 165 Å². The molecule has 0 unspecified atom stereocenters. The van der Waals surface area contributed by atoms with E-state index in [1.54, 1.807) is 6.07 Å². The van der Waals surface area contributed by atoms with Crippen molar-refractivity contribution in [3.05, 3.63) is 70.4 Å². The molecule has 1 aliphatic rings. The molecule has 5 nitrogen and oxygen atoms in total. The summed E-state index contributed by atoms with van der Waals surface area (Å²) in [4.78, 5) is 12.9. The molecule has 0 saturated heterocycles. The monoisotopic (exact) mass is 377 g/mol. The van der Waals surface area contributed by atoms with Gasteiger partial charge in [-0.3, -0.25) is 4.79 Å². The molecule has 3 aromatic rings. The second-order valence-corrected chi connectivity index (χ2v) is 8.64. The number of carbonyl (C=O) groups is 1. The first-order valence-electron chi connectivity index (χ1n) is 9.76. The van der Waals surface area contributed by atoms with Crippen LogP contribution in [0.25, 0.3) is 5.69 Å². The number of carbonyl (C=O) groups excluding carboxylic acids is 1. The number of benzene rings is 1. The predicted molar refractivity (Wildman–Crippen MR) is 109 cm³/mol. The number of aryl methyl sites for hydroxylation is 3. The lowest BCUT2D eigenvalue weighted by molar-refractivity contribution is 0.0917. The second kappa shape index (κ2) is 6.66. The maximum absolute atomic E-state index is 12.9.